The maximum absolute atomic E-state index is 12.3. The number of aliphatic imine (C=N–C) groups is 1. The van der Waals surface area contributed by atoms with Crippen molar-refractivity contribution in [3.05, 3.63) is 77.1 Å². The van der Waals surface area contributed by atoms with Crippen LogP contribution in [0.3, 0.4) is 0 Å². The zero-order valence-corrected chi connectivity index (χ0v) is 26.8. The number of alkyl carbamates (subject to hydrolysis) is 1. The van der Waals surface area contributed by atoms with Crippen LogP contribution in [-0.2, 0) is 4.74 Å². The number of methoxy groups -OCH3 is 1. The van der Waals surface area contributed by atoms with Gasteiger partial charge in [-0.3, -0.25) is 0 Å². The number of ether oxygens (including phenoxy) is 2. The van der Waals surface area contributed by atoms with Crippen LogP contribution in [0, 0.1) is 20.8 Å². The fourth-order valence-corrected chi connectivity index (χ4v) is 5.86. The highest BCUT2D eigenvalue weighted by molar-refractivity contribution is 6.06. The van der Waals surface area contributed by atoms with Gasteiger partial charge in [0.15, 0.2) is 0 Å². The van der Waals surface area contributed by atoms with Crippen molar-refractivity contribution in [2.24, 2.45) is 10.7 Å². The minimum Gasteiger partial charge on any atom is -0.497 e. The van der Waals surface area contributed by atoms with Gasteiger partial charge >= 0.3 is 6.09 Å². The van der Waals surface area contributed by atoms with Gasteiger partial charge in [0.1, 0.15) is 17.2 Å². The Bertz CT molecular complexity index is 1670. The number of para-hydroxylation sites is 1. The van der Waals surface area contributed by atoms with Gasteiger partial charge in [0, 0.05) is 23.8 Å². The van der Waals surface area contributed by atoms with Crippen LogP contribution in [0.25, 0.3) is 16.6 Å². The van der Waals surface area contributed by atoms with E-state index in [1.165, 1.54) is 0 Å². The van der Waals surface area contributed by atoms with Gasteiger partial charge in [-0.25, -0.2) is 14.3 Å². The molecule has 0 saturated heterocycles. The number of anilines is 1. The molecular weight excluding hydrogens is 552 g/mol. The first-order chi connectivity index (χ1) is 20.9. The molecule has 2 aromatic heterocycles. The number of amides is 1. The molecule has 4 N–H and O–H groups in total. The summed E-state index contributed by atoms with van der Waals surface area (Å²) < 4.78 is 12.8. The number of hydrogen-bond donors (Lipinski definition) is 3. The lowest BCUT2D eigenvalue weighted by Crippen LogP contribution is -2.42. The maximum Gasteiger partial charge on any atom is 0.407 e. The molecule has 0 unspecified atom stereocenters. The smallest absolute Gasteiger partial charge is 0.407 e. The Hall–Kier alpha value is -4.53. The Kier molecular flexibility index (Phi) is 8.85. The van der Waals surface area contributed by atoms with E-state index in [0.717, 1.165) is 81.7 Å². The number of amidine groups is 1. The van der Waals surface area contributed by atoms with Gasteiger partial charge in [-0.05, 0) is 108 Å². The van der Waals surface area contributed by atoms with Crippen molar-refractivity contribution in [3.8, 4) is 16.9 Å². The zero-order valence-electron chi connectivity index (χ0n) is 26.8. The fourth-order valence-electron chi connectivity index (χ4n) is 5.86. The molecule has 1 amide bonds. The zero-order chi connectivity index (χ0) is 31.6. The third kappa shape index (κ3) is 6.98. The number of benzene rings is 2. The molecule has 1 fully saturated rings. The molecular formula is C35H44N6O3. The summed E-state index contributed by atoms with van der Waals surface area (Å²) in [6, 6.07) is 14.6. The molecule has 1 aliphatic rings. The van der Waals surface area contributed by atoms with E-state index in [-0.39, 0.29) is 18.2 Å². The SMILES string of the molecule is COc1ccc(-c2cc3c(N[C@H]4CC[C@H](NC(=O)OC(C)(C)C)CC4)c(C(N)=Nc4c(C)cccc4C)cnn3c2)c(C)c1. The van der Waals surface area contributed by atoms with Crippen molar-refractivity contribution in [3.63, 3.8) is 0 Å². The number of aryl methyl sites for hydroxylation is 3. The molecule has 5 rings (SSSR count). The summed E-state index contributed by atoms with van der Waals surface area (Å²) in [5, 5.41) is 11.6. The minimum absolute atomic E-state index is 0.0773. The highest BCUT2D eigenvalue weighted by Gasteiger charge is 2.26. The van der Waals surface area contributed by atoms with Gasteiger partial charge in [-0.15, -0.1) is 0 Å². The number of aromatic nitrogens is 2. The van der Waals surface area contributed by atoms with Crippen LogP contribution < -0.4 is 21.1 Å². The average Bonchev–Trinajstić information content (AvgIpc) is 3.39. The number of rotatable bonds is 7. The molecule has 9 heteroatoms. The summed E-state index contributed by atoms with van der Waals surface area (Å²) in [5.74, 6) is 1.23. The fraction of sp³-hybridized carbons (Fsp3) is 0.400. The molecule has 9 nitrogen and oxygen atoms in total. The van der Waals surface area contributed by atoms with Gasteiger partial charge in [0.05, 0.1) is 35.8 Å². The molecule has 0 radical (unpaired) electrons. The Morgan fingerprint density at radius 2 is 1.68 bits per heavy atom. The van der Waals surface area contributed by atoms with Crippen LogP contribution >= 0.6 is 0 Å². The summed E-state index contributed by atoms with van der Waals surface area (Å²) in [4.78, 5) is 17.2. The number of nitrogens with zero attached hydrogens (tertiary/aromatic N) is 3. The van der Waals surface area contributed by atoms with E-state index in [1.54, 1.807) is 13.3 Å². The number of nitrogens with two attached hydrogens (primary N) is 1. The van der Waals surface area contributed by atoms with Crippen LogP contribution in [0.4, 0.5) is 16.2 Å². The third-order valence-electron chi connectivity index (χ3n) is 8.13. The van der Waals surface area contributed by atoms with Crippen molar-refractivity contribution >= 4 is 28.8 Å². The molecule has 1 aliphatic carbocycles. The second kappa shape index (κ2) is 12.6. The number of hydrogen-bond acceptors (Lipinski definition) is 6. The normalized spacial score (nSPS) is 17.4. The molecule has 2 heterocycles. The molecule has 0 aliphatic heterocycles. The first-order valence-electron chi connectivity index (χ1n) is 15.2. The van der Waals surface area contributed by atoms with Crippen LogP contribution in [-0.4, -0.2) is 46.3 Å². The lowest BCUT2D eigenvalue weighted by molar-refractivity contribution is 0.0492. The van der Waals surface area contributed by atoms with Crippen molar-refractivity contribution in [1.29, 1.82) is 0 Å². The predicted octanol–water partition coefficient (Wildman–Crippen LogP) is 7.22. The van der Waals surface area contributed by atoms with Gasteiger partial charge in [0.25, 0.3) is 0 Å². The van der Waals surface area contributed by atoms with E-state index < -0.39 is 5.60 Å². The van der Waals surface area contributed by atoms with Crippen LogP contribution in [0.5, 0.6) is 5.75 Å². The van der Waals surface area contributed by atoms with E-state index in [4.69, 9.17) is 25.3 Å². The lowest BCUT2D eigenvalue weighted by Gasteiger charge is -2.31. The van der Waals surface area contributed by atoms with Gasteiger partial charge in [-0.1, -0.05) is 24.3 Å². The molecule has 4 aromatic rings. The van der Waals surface area contributed by atoms with E-state index >= 15 is 0 Å². The summed E-state index contributed by atoms with van der Waals surface area (Å²) in [6.45, 7) is 11.8. The Morgan fingerprint density at radius 1 is 1.00 bits per heavy atom. The molecule has 0 atom stereocenters. The molecule has 2 aromatic carbocycles. The lowest BCUT2D eigenvalue weighted by atomic mass is 9.91. The van der Waals surface area contributed by atoms with Gasteiger partial charge < -0.3 is 25.8 Å². The van der Waals surface area contributed by atoms with Crippen molar-refractivity contribution in [2.45, 2.75) is 84.9 Å². The molecule has 0 bridgehead atoms. The largest absolute Gasteiger partial charge is 0.497 e. The number of carbonyl (C=O) groups excluding carboxylic acids is 1. The number of carbonyl (C=O) groups is 1. The van der Waals surface area contributed by atoms with Gasteiger partial charge in [0.2, 0.25) is 0 Å². The van der Waals surface area contributed by atoms with Gasteiger partial charge in [-0.2, -0.15) is 5.10 Å². The Labute approximate surface area is 259 Å². The standard InChI is InChI=1S/C35H44N6O3/c1-21-9-8-10-22(2)31(21)40-33(36)29-19-37-41-20-24(28-16-15-27(43-7)17-23(28)3)18-30(41)32(29)38-25-11-13-26(14-12-25)39-34(42)44-35(4,5)6/h8-10,15-20,25-26,38H,11-14H2,1-7H3,(H2,36,40)(H,39,42)/t25-,26-. The summed E-state index contributed by atoms with van der Waals surface area (Å²) in [5.41, 5.74) is 15.1. The topological polar surface area (TPSA) is 115 Å². The monoisotopic (exact) mass is 596 g/mol. The van der Waals surface area contributed by atoms with E-state index in [2.05, 4.69) is 29.7 Å². The molecule has 232 valence electrons. The van der Waals surface area contributed by atoms with E-state index in [1.807, 2.05) is 75.7 Å². The molecule has 1 saturated carbocycles. The Morgan fingerprint density at radius 3 is 2.32 bits per heavy atom. The van der Waals surface area contributed by atoms with E-state index in [0.29, 0.717) is 5.84 Å². The highest BCUT2D eigenvalue weighted by Crippen LogP contribution is 2.34. The second-order valence-electron chi connectivity index (χ2n) is 12.7. The van der Waals surface area contributed by atoms with Crippen molar-refractivity contribution in [1.82, 2.24) is 14.9 Å². The van der Waals surface area contributed by atoms with Crippen molar-refractivity contribution < 1.29 is 14.3 Å². The summed E-state index contributed by atoms with van der Waals surface area (Å²) >= 11 is 0. The van der Waals surface area contributed by atoms with E-state index in [9.17, 15) is 4.79 Å². The third-order valence-corrected chi connectivity index (χ3v) is 8.13. The quantitative estimate of drug-likeness (QED) is 0.153. The second-order valence-corrected chi connectivity index (χ2v) is 12.7. The van der Waals surface area contributed by atoms with Crippen LogP contribution in [0.15, 0.2) is 59.9 Å². The summed E-state index contributed by atoms with van der Waals surface area (Å²) in [6.07, 6.45) is 6.92. The Balaban J connectivity index is 1.48. The van der Waals surface area contributed by atoms with Crippen LogP contribution in [0.2, 0.25) is 0 Å². The molecule has 0 spiro atoms. The summed E-state index contributed by atoms with van der Waals surface area (Å²) in [7, 11) is 1.68. The number of nitrogens with one attached hydrogen (secondary N) is 2. The molecule has 44 heavy (non-hydrogen) atoms. The minimum atomic E-state index is -0.523. The predicted molar refractivity (Wildman–Crippen MR) is 177 cm³/mol. The van der Waals surface area contributed by atoms with Crippen LogP contribution in [0.1, 0.15) is 68.7 Å². The maximum atomic E-state index is 12.3. The number of fused-ring (bicyclic) bond motifs is 1. The first-order valence-corrected chi connectivity index (χ1v) is 15.2. The first kappa shape index (κ1) is 30.9. The highest BCUT2D eigenvalue weighted by atomic mass is 16.6. The average molecular weight is 597 g/mol. The van der Waals surface area contributed by atoms with Crippen molar-refractivity contribution in [2.75, 3.05) is 12.4 Å².